The lowest BCUT2D eigenvalue weighted by molar-refractivity contribution is 1.17. The van der Waals surface area contributed by atoms with Gasteiger partial charge in [0.15, 0.2) is 0 Å². The fourth-order valence-electron chi connectivity index (χ4n) is 1.18. The molecule has 1 unspecified atom stereocenters. The summed E-state index contributed by atoms with van der Waals surface area (Å²) in [5.41, 5.74) is 2.46. The molecular formula is C12H13Br. The molecule has 0 aliphatic carbocycles. The zero-order chi connectivity index (χ0) is 9.68. The second-order valence-corrected chi connectivity index (χ2v) is 3.68. The van der Waals surface area contributed by atoms with E-state index in [1.165, 1.54) is 11.1 Å². The smallest absolute Gasteiger partial charge is 0.0641 e. The monoisotopic (exact) mass is 236 g/mol. The lowest BCUT2D eigenvalue weighted by Gasteiger charge is -2.10. The zero-order valence-corrected chi connectivity index (χ0v) is 9.29. The minimum atomic E-state index is 0.260. The van der Waals surface area contributed by atoms with Crippen molar-refractivity contribution in [3.63, 3.8) is 0 Å². The van der Waals surface area contributed by atoms with Crippen molar-refractivity contribution in [3.8, 4) is 0 Å². The standard InChI is InChI=1S/C12H13Br/c1-3-10(4-2)12(13)11-8-6-5-7-9-11/h3-9,12H,1H2,2H3/b10-4+. The molecule has 0 aliphatic rings. The van der Waals surface area contributed by atoms with Crippen LogP contribution in [0.3, 0.4) is 0 Å². The normalized spacial score (nSPS) is 13.8. The number of benzene rings is 1. The van der Waals surface area contributed by atoms with Crippen molar-refractivity contribution < 1.29 is 0 Å². The van der Waals surface area contributed by atoms with Gasteiger partial charge in [0.1, 0.15) is 0 Å². The molecule has 1 heteroatoms. The molecule has 0 radical (unpaired) electrons. The fourth-order valence-corrected chi connectivity index (χ4v) is 1.94. The third kappa shape index (κ3) is 2.56. The number of hydrogen-bond acceptors (Lipinski definition) is 0. The van der Waals surface area contributed by atoms with Crippen LogP contribution < -0.4 is 0 Å². The second kappa shape index (κ2) is 5.03. The SMILES string of the molecule is C=C/C(=C\C)C(Br)c1ccccc1. The minimum Gasteiger partial charge on any atom is -0.0988 e. The molecule has 0 N–H and O–H groups in total. The highest BCUT2D eigenvalue weighted by molar-refractivity contribution is 9.09. The molecular weight excluding hydrogens is 224 g/mol. The number of halogens is 1. The maximum atomic E-state index is 3.78. The van der Waals surface area contributed by atoms with Crippen LogP contribution in [0.1, 0.15) is 17.3 Å². The van der Waals surface area contributed by atoms with E-state index in [0.717, 1.165) is 0 Å². The van der Waals surface area contributed by atoms with E-state index in [2.05, 4.69) is 40.7 Å². The van der Waals surface area contributed by atoms with Crippen molar-refractivity contribution in [1.29, 1.82) is 0 Å². The highest BCUT2D eigenvalue weighted by Gasteiger charge is 2.08. The van der Waals surface area contributed by atoms with Crippen LogP contribution in [0.2, 0.25) is 0 Å². The Morgan fingerprint density at radius 1 is 1.38 bits per heavy atom. The Morgan fingerprint density at radius 2 is 2.00 bits per heavy atom. The van der Waals surface area contributed by atoms with E-state index in [1.807, 2.05) is 31.2 Å². The van der Waals surface area contributed by atoms with E-state index in [4.69, 9.17) is 0 Å². The summed E-state index contributed by atoms with van der Waals surface area (Å²) in [4.78, 5) is 0.260. The summed E-state index contributed by atoms with van der Waals surface area (Å²) in [5.74, 6) is 0. The van der Waals surface area contributed by atoms with Crippen LogP contribution in [0.15, 0.2) is 54.6 Å². The Kier molecular flexibility index (Phi) is 3.97. The van der Waals surface area contributed by atoms with Crippen LogP contribution in [0.25, 0.3) is 0 Å². The van der Waals surface area contributed by atoms with E-state index in [9.17, 15) is 0 Å². The van der Waals surface area contributed by atoms with Gasteiger partial charge in [0, 0.05) is 0 Å². The predicted molar refractivity (Wildman–Crippen MR) is 62.1 cm³/mol. The molecule has 0 fully saturated rings. The average Bonchev–Trinajstić information content (AvgIpc) is 2.21. The van der Waals surface area contributed by atoms with Crippen molar-refractivity contribution in [2.45, 2.75) is 11.8 Å². The van der Waals surface area contributed by atoms with Gasteiger partial charge >= 0.3 is 0 Å². The maximum Gasteiger partial charge on any atom is 0.0641 e. The molecule has 0 heterocycles. The fraction of sp³-hybridized carbons (Fsp3) is 0.167. The van der Waals surface area contributed by atoms with Crippen molar-refractivity contribution in [3.05, 3.63) is 60.2 Å². The third-order valence-electron chi connectivity index (χ3n) is 1.95. The van der Waals surface area contributed by atoms with Gasteiger partial charge in [0.05, 0.1) is 4.83 Å². The molecule has 13 heavy (non-hydrogen) atoms. The molecule has 1 rings (SSSR count). The van der Waals surface area contributed by atoms with Gasteiger partial charge in [-0.1, -0.05) is 65.0 Å². The van der Waals surface area contributed by atoms with Crippen molar-refractivity contribution in [1.82, 2.24) is 0 Å². The van der Waals surface area contributed by atoms with E-state index in [1.54, 1.807) is 0 Å². The van der Waals surface area contributed by atoms with E-state index in [-0.39, 0.29) is 4.83 Å². The number of hydrogen-bond donors (Lipinski definition) is 0. The number of alkyl halides is 1. The molecule has 1 aromatic rings. The van der Waals surface area contributed by atoms with Crippen LogP contribution in [-0.4, -0.2) is 0 Å². The molecule has 0 bridgehead atoms. The topological polar surface area (TPSA) is 0 Å². The Hall–Kier alpha value is -0.820. The van der Waals surface area contributed by atoms with Gasteiger partial charge in [-0.05, 0) is 18.1 Å². The lowest BCUT2D eigenvalue weighted by Crippen LogP contribution is -1.91. The Labute approximate surface area is 88.1 Å². The molecule has 1 atom stereocenters. The Balaban J connectivity index is 2.91. The lowest BCUT2D eigenvalue weighted by atomic mass is 10.1. The summed E-state index contributed by atoms with van der Waals surface area (Å²) in [6, 6.07) is 10.3. The molecule has 0 nitrogen and oxygen atoms in total. The maximum absolute atomic E-state index is 3.78. The van der Waals surface area contributed by atoms with Gasteiger partial charge < -0.3 is 0 Å². The van der Waals surface area contributed by atoms with E-state index >= 15 is 0 Å². The average molecular weight is 237 g/mol. The van der Waals surface area contributed by atoms with Crippen LogP contribution in [0.5, 0.6) is 0 Å². The summed E-state index contributed by atoms with van der Waals surface area (Å²) >= 11 is 3.63. The Bertz CT molecular complexity index is 298. The van der Waals surface area contributed by atoms with Gasteiger partial charge in [0.2, 0.25) is 0 Å². The summed E-state index contributed by atoms with van der Waals surface area (Å²) in [6.07, 6.45) is 3.95. The van der Waals surface area contributed by atoms with Crippen LogP contribution in [0, 0.1) is 0 Å². The van der Waals surface area contributed by atoms with Crippen molar-refractivity contribution in [2.24, 2.45) is 0 Å². The first-order valence-corrected chi connectivity index (χ1v) is 5.18. The highest BCUT2D eigenvalue weighted by atomic mass is 79.9. The largest absolute Gasteiger partial charge is 0.0988 e. The minimum absolute atomic E-state index is 0.260. The van der Waals surface area contributed by atoms with Crippen molar-refractivity contribution >= 4 is 15.9 Å². The van der Waals surface area contributed by atoms with Gasteiger partial charge in [-0.25, -0.2) is 0 Å². The summed E-state index contributed by atoms with van der Waals surface area (Å²) in [7, 11) is 0. The van der Waals surface area contributed by atoms with Crippen LogP contribution in [-0.2, 0) is 0 Å². The number of rotatable bonds is 3. The molecule has 0 spiro atoms. The van der Waals surface area contributed by atoms with Gasteiger partial charge in [0.25, 0.3) is 0 Å². The first kappa shape index (κ1) is 10.3. The highest BCUT2D eigenvalue weighted by Crippen LogP contribution is 2.30. The molecule has 0 aliphatic heterocycles. The summed E-state index contributed by atoms with van der Waals surface area (Å²) < 4.78 is 0. The van der Waals surface area contributed by atoms with Crippen LogP contribution in [0.4, 0.5) is 0 Å². The summed E-state index contributed by atoms with van der Waals surface area (Å²) in [5, 5.41) is 0. The molecule has 0 aromatic heterocycles. The first-order valence-electron chi connectivity index (χ1n) is 4.27. The quantitative estimate of drug-likeness (QED) is 0.544. The third-order valence-corrected chi connectivity index (χ3v) is 3.01. The Morgan fingerprint density at radius 3 is 2.46 bits per heavy atom. The first-order chi connectivity index (χ1) is 6.29. The molecule has 1 aromatic carbocycles. The predicted octanol–water partition coefficient (Wildman–Crippen LogP) is 4.25. The summed E-state index contributed by atoms with van der Waals surface area (Å²) in [6.45, 7) is 5.80. The zero-order valence-electron chi connectivity index (χ0n) is 7.70. The molecule has 68 valence electrons. The second-order valence-electron chi connectivity index (χ2n) is 2.77. The molecule has 0 amide bonds. The van der Waals surface area contributed by atoms with Crippen molar-refractivity contribution in [2.75, 3.05) is 0 Å². The van der Waals surface area contributed by atoms with Gasteiger partial charge in [-0.2, -0.15) is 0 Å². The van der Waals surface area contributed by atoms with Crippen LogP contribution >= 0.6 is 15.9 Å². The molecule has 0 saturated carbocycles. The van der Waals surface area contributed by atoms with E-state index in [0.29, 0.717) is 0 Å². The van der Waals surface area contributed by atoms with E-state index < -0.39 is 0 Å². The van der Waals surface area contributed by atoms with Gasteiger partial charge in [-0.15, -0.1) is 0 Å². The molecule has 0 saturated heterocycles. The van der Waals surface area contributed by atoms with Gasteiger partial charge in [-0.3, -0.25) is 0 Å². The number of allylic oxidation sites excluding steroid dienone is 3.